The predicted octanol–water partition coefficient (Wildman–Crippen LogP) is 5.59. The number of aromatic nitrogens is 4. The summed E-state index contributed by atoms with van der Waals surface area (Å²) in [7, 11) is 1.89. The van der Waals surface area contributed by atoms with Crippen LogP contribution in [0.4, 0.5) is 11.5 Å². The third-order valence-electron chi connectivity index (χ3n) is 7.76. The topological polar surface area (TPSA) is 93.0 Å². The molecule has 0 radical (unpaired) electrons. The molecule has 40 heavy (non-hydrogen) atoms. The van der Waals surface area contributed by atoms with Gasteiger partial charge in [-0.25, -0.2) is 9.97 Å². The quantitative estimate of drug-likeness (QED) is 0.331. The minimum Gasteiger partial charge on any atom is -0.346 e. The van der Waals surface area contributed by atoms with Gasteiger partial charge in [0.2, 0.25) is 5.91 Å². The molecule has 0 spiro atoms. The van der Waals surface area contributed by atoms with Crippen molar-refractivity contribution >= 4 is 23.2 Å². The Balaban J connectivity index is 1.33. The summed E-state index contributed by atoms with van der Waals surface area (Å²) in [6.45, 7) is 10.2. The standard InChI is InChI=1S/C32H36N6O2/c1-19-9-7-8-10-28(19)31-21(3)32(35-23(5)34-31)38-17-24(14-29(38)22(4)39)15-30(40)36-26-11-12-27(20(2)13-26)25-16-33-37(6)18-25/h7-13,16,18,24,29H,14-15,17H2,1-6H3,(H,36,40)/t24-,29+/m1/s1. The van der Waals surface area contributed by atoms with Crippen LogP contribution in [0.25, 0.3) is 22.4 Å². The first-order valence-corrected chi connectivity index (χ1v) is 13.7. The summed E-state index contributed by atoms with van der Waals surface area (Å²) in [5.74, 6) is 1.49. The van der Waals surface area contributed by atoms with Crippen LogP contribution in [0, 0.1) is 33.6 Å². The van der Waals surface area contributed by atoms with Crippen LogP contribution in [-0.4, -0.2) is 44.0 Å². The van der Waals surface area contributed by atoms with Gasteiger partial charge in [0.15, 0.2) is 5.78 Å². The largest absolute Gasteiger partial charge is 0.346 e. The van der Waals surface area contributed by atoms with E-state index in [1.807, 2.05) is 70.5 Å². The van der Waals surface area contributed by atoms with Crippen LogP contribution in [0.1, 0.15) is 42.3 Å². The van der Waals surface area contributed by atoms with Crippen LogP contribution in [0.5, 0.6) is 0 Å². The van der Waals surface area contributed by atoms with Crippen molar-refractivity contribution in [1.29, 1.82) is 0 Å². The third kappa shape index (κ3) is 5.52. The molecule has 5 rings (SSSR count). The first-order chi connectivity index (χ1) is 19.1. The Labute approximate surface area is 235 Å². The molecule has 0 bridgehead atoms. The van der Waals surface area contributed by atoms with E-state index in [0.29, 0.717) is 25.2 Å². The molecule has 0 aliphatic carbocycles. The van der Waals surface area contributed by atoms with Crippen LogP contribution in [0.2, 0.25) is 0 Å². The third-order valence-corrected chi connectivity index (χ3v) is 7.76. The maximum absolute atomic E-state index is 13.1. The van der Waals surface area contributed by atoms with E-state index in [1.165, 1.54) is 0 Å². The van der Waals surface area contributed by atoms with Crippen molar-refractivity contribution < 1.29 is 9.59 Å². The highest BCUT2D eigenvalue weighted by Gasteiger charge is 2.38. The fourth-order valence-corrected chi connectivity index (χ4v) is 5.78. The number of nitrogens with zero attached hydrogens (tertiary/aromatic N) is 5. The van der Waals surface area contributed by atoms with E-state index in [1.54, 1.807) is 11.6 Å². The van der Waals surface area contributed by atoms with Gasteiger partial charge in [-0.15, -0.1) is 0 Å². The number of benzene rings is 2. The number of Topliss-reactive ketones (excluding diaryl/α,β-unsaturated/α-hetero) is 1. The number of aryl methyl sites for hydroxylation is 4. The highest BCUT2D eigenvalue weighted by Crippen LogP contribution is 2.36. The zero-order chi connectivity index (χ0) is 28.6. The smallest absolute Gasteiger partial charge is 0.224 e. The van der Waals surface area contributed by atoms with E-state index in [4.69, 9.17) is 9.97 Å². The number of nitrogens with one attached hydrogen (secondary N) is 1. The lowest BCUT2D eigenvalue weighted by Gasteiger charge is -2.26. The maximum atomic E-state index is 13.1. The van der Waals surface area contributed by atoms with Gasteiger partial charge in [-0.05, 0) is 75.8 Å². The monoisotopic (exact) mass is 536 g/mol. The number of hydrogen-bond acceptors (Lipinski definition) is 6. The van der Waals surface area contributed by atoms with Crippen molar-refractivity contribution in [2.24, 2.45) is 13.0 Å². The van der Waals surface area contributed by atoms with Crippen LogP contribution < -0.4 is 10.2 Å². The number of rotatable bonds is 7. The summed E-state index contributed by atoms with van der Waals surface area (Å²) in [5.41, 5.74) is 7.98. The van der Waals surface area contributed by atoms with E-state index in [0.717, 1.165) is 50.6 Å². The number of carbonyl (C=O) groups is 2. The lowest BCUT2D eigenvalue weighted by Crippen LogP contribution is -2.36. The number of amides is 1. The number of ketones is 1. The molecule has 1 fully saturated rings. The van der Waals surface area contributed by atoms with Crippen LogP contribution in [0.15, 0.2) is 54.9 Å². The summed E-state index contributed by atoms with van der Waals surface area (Å²) >= 11 is 0. The summed E-state index contributed by atoms with van der Waals surface area (Å²) in [4.78, 5) is 37.5. The molecule has 2 aromatic carbocycles. The lowest BCUT2D eigenvalue weighted by atomic mass is 9.99. The molecule has 4 aromatic rings. The fourth-order valence-electron chi connectivity index (χ4n) is 5.78. The van der Waals surface area contributed by atoms with Gasteiger partial charge in [0.05, 0.1) is 17.9 Å². The van der Waals surface area contributed by atoms with Crippen molar-refractivity contribution in [2.45, 2.75) is 53.5 Å². The summed E-state index contributed by atoms with van der Waals surface area (Å²) in [6, 6.07) is 13.8. The van der Waals surface area contributed by atoms with E-state index < -0.39 is 0 Å². The zero-order valence-corrected chi connectivity index (χ0v) is 24.0. The van der Waals surface area contributed by atoms with Gasteiger partial charge in [0.25, 0.3) is 0 Å². The molecule has 3 heterocycles. The highest BCUT2D eigenvalue weighted by molar-refractivity contribution is 5.92. The Bertz CT molecular complexity index is 1590. The fraction of sp³-hybridized carbons (Fsp3) is 0.344. The van der Waals surface area contributed by atoms with Crippen molar-refractivity contribution in [2.75, 3.05) is 16.8 Å². The Hall–Kier alpha value is -4.33. The Morgan fingerprint density at radius 1 is 1.00 bits per heavy atom. The normalized spacial score (nSPS) is 16.8. The van der Waals surface area contributed by atoms with Gasteiger partial charge >= 0.3 is 0 Å². The number of anilines is 2. The predicted molar refractivity (Wildman–Crippen MR) is 158 cm³/mol. The Morgan fingerprint density at radius 3 is 2.45 bits per heavy atom. The van der Waals surface area contributed by atoms with Crippen molar-refractivity contribution in [1.82, 2.24) is 19.7 Å². The van der Waals surface area contributed by atoms with Gasteiger partial charge in [-0.3, -0.25) is 14.3 Å². The molecular weight excluding hydrogens is 500 g/mol. The minimum atomic E-state index is -0.323. The SMILES string of the molecule is CC(=O)[C@@H]1C[C@H](CC(=O)Nc2ccc(-c3cnn(C)c3)c(C)c2)CN1c1nc(C)nc(-c2ccccc2C)c1C. The minimum absolute atomic E-state index is 0.0289. The van der Waals surface area contributed by atoms with Crippen LogP contribution in [0.3, 0.4) is 0 Å². The van der Waals surface area contributed by atoms with Crippen molar-refractivity contribution in [3.63, 3.8) is 0 Å². The first-order valence-electron chi connectivity index (χ1n) is 13.7. The van der Waals surface area contributed by atoms with Crippen molar-refractivity contribution in [3.8, 4) is 22.4 Å². The van der Waals surface area contributed by atoms with Gasteiger partial charge in [0, 0.05) is 48.6 Å². The second kappa shape index (κ2) is 11.0. The van der Waals surface area contributed by atoms with E-state index >= 15 is 0 Å². The summed E-state index contributed by atoms with van der Waals surface area (Å²) in [6.07, 6.45) is 4.76. The molecule has 206 valence electrons. The number of hydrogen-bond donors (Lipinski definition) is 1. The zero-order valence-electron chi connectivity index (χ0n) is 24.0. The molecular formula is C32H36N6O2. The molecule has 8 nitrogen and oxygen atoms in total. The molecule has 2 atom stereocenters. The second-order valence-electron chi connectivity index (χ2n) is 10.9. The molecule has 1 saturated heterocycles. The molecule has 1 amide bonds. The van der Waals surface area contributed by atoms with Crippen LogP contribution in [-0.2, 0) is 16.6 Å². The average molecular weight is 537 g/mol. The molecule has 8 heteroatoms. The molecule has 2 aromatic heterocycles. The van der Waals surface area contributed by atoms with Gasteiger partial charge in [-0.2, -0.15) is 5.10 Å². The van der Waals surface area contributed by atoms with Crippen molar-refractivity contribution in [3.05, 3.63) is 77.4 Å². The lowest BCUT2D eigenvalue weighted by molar-refractivity contribution is -0.119. The molecule has 0 saturated carbocycles. The Morgan fingerprint density at radius 2 is 1.77 bits per heavy atom. The Kier molecular flexibility index (Phi) is 7.52. The molecule has 1 aliphatic heterocycles. The summed E-state index contributed by atoms with van der Waals surface area (Å²) < 4.78 is 1.78. The van der Waals surface area contributed by atoms with Gasteiger partial charge in [-0.1, -0.05) is 30.3 Å². The molecule has 1 aliphatic rings. The maximum Gasteiger partial charge on any atom is 0.224 e. The average Bonchev–Trinajstić information content (AvgIpc) is 3.52. The van der Waals surface area contributed by atoms with Gasteiger partial charge in [0.1, 0.15) is 11.6 Å². The van der Waals surface area contributed by atoms with E-state index in [2.05, 4.69) is 34.4 Å². The molecule has 0 unspecified atom stereocenters. The van der Waals surface area contributed by atoms with Gasteiger partial charge < -0.3 is 10.2 Å². The first kappa shape index (κ1) is 27.2. The second-order valence-corrected chi connectivity index (χ2v) is 10.9. The van der Waals surface area contributed by atoms with E-state index in [-0.39, 0.29) is 23.7 Å². The summed E-state index contributed by atoms with van der Waals surface area (Å²) in [5, 5.41) is 7.31. The number of carbonyl (C=O) groups excluding carboxylic acids is 2. The molecule has 1 N–H and O–H groups in total. The van der Waals surface area contributed by atoms with E-state index in [9.17, 15) is 9.59 Å². The van der Waals surface area contributed by atoms with Crippen LogP contribution >= 0.6 is 0 Å². The highest BCUT2D eigenvalue weighted by atomic mass is 16.1.